The number of nitriles is 1. The van der Waals surface area contributed by atoms with Gasteiger partial charge in [-0.3, -0.25) is 0 Å². The number of hydrogen-bond acceptors (Lipinski definition) is 4. The molecule has 0 saturated carbocycles. The van der Waals surface area contributed by atoms with Gasteiger partial charge in [-0.2, -0.15) is 5.26 Å². The molecule has 1 aliphatic rings. The first-order valence-electron chi connectivity index (χ1n) is 7.88. The van der Waals surface area contributed by atoms with Crippen molar-refractivity contribution in [3.63, 3.8) is 0 Å². The van der Waals surface area contributed by atoms with E-state index in [1.165, 1.54) is 11.3 Å². The van der Waals surface area contributed by atoms with Gasteiger partial charge in [-0.1, -0.05) is 19.9 Å². The van der Waals surface area contributed by atoms with Crippen LogP contribution in [0.5, 0.6) is 0 Å². The van der Waals surface area contributed by atoms with Gasteiger partial charge >= 0.3 is 5.97 Å². The van der Waals surface area contributed by atoms with Crippen LogP contribution in [-0.4, -0.2) is 16.2 Å². The van der Waals surface area contributed by atoms with Crippen molar-refractivity contribution in [2.45, 2.75) is 39.7 Å². The molecule has 5 heteroatoms. The predicted molar refractivity (Wildman–Crippen MR) is 93.2 cm³/mol. The van der Waals surface area contributed by atoms with Crippen LogP contribution < -0.4 is 0 Å². The van der Waals surface area contributed by atoms with E-state index in [0.717, 1.165) is 29.7 Å². The second-order valence-electron chi connectivity index (χ2n) is 7.00. The van der Waals surface area contributed by atoms with E-state index in [1.54, 1.807) is 18.2 Å². The molecule has 124 valence electrons. The minimum atomic E-state index is -0.923. The zero-order valence-corrected chi connectivity index (χ0v) is 14.5. The Morgan fingerprint density at radius 3 is 2.79 bits per heavy atom. The summed E-state index contributed by atoms with van der Waals surface area (Å²) >= 11 is 1.51. The van der Waals surface area contributed by atoms with E-state index in [9.17, 15) is 15.0 Å². The molecule has 1 heterocycles. The summed E-state index contributed by atoms with van der Waals surface area (Å²) < 4.78 is 0. The van der Waals surface area contributed by atoms with Gasteiger partial charge < -0.3 is 10.2 Å². The third-order valence-electron chi connectivity index (χ3n) is 4.64. The third-order valence-corrected chi connectivity index (χ3v) is 5.96. The Kier molecular flexibility index (Phi) is 4.20. The van der Waals surface area contributed by atoms with Crippen molar-refractivity contribution in [3.05, 3.63) is 45.3 Å². The average Bonchev–Trinajstić information content (AvgIpc) is 2.91. The highest BCUT2D eigenvalue weighted by atomic mass is 32.1. The van der Waals surface area contributed by atoms with E-state index >= 15 is 0 Å². The van der Waals surface area contributed by atoms with Crippen molar-refractivity contribution in [2.24, 2.45) is 5.41 Å². The summed E-state index contributed by atoms with van der Waals surface area (Å²) in [5.41, 5.74) is 3.16. The Hall–Kier alpha value is -2.16. The minimum absolute atomic E-state index is 0.0972. The van der Waals surface area contributed by atoms with E-state index < -0.39 is 5.97 Å². The molecule has 0 radical (unpaired) electrons. The quantitative estimate of drug-likeness (QED) is 0.884. The Morgan fingerprint density at radius 2 is 2.17 bits per heavy atom. The van der Waals surface area contributed by atoms with Crippen LogP contribution in [0.1, 0.15) is 52.2 Å². The number of carboxylic acid groups (broad SMARTS) is 1. The summed E-state index contributed by atoms with van der Waals surface area (Å²) in [5.74, 6) is -0.923. The van der Waals surface area contributed by atoms with Gasteiger partial charge in [0.2, 0.25) is 0 Å². The highest BCUT2D eigenvalue weighted by Crippen LogP contribution is 2.45. The first-order chi connectivity index (χ1) is 11.4. The summed E-state index contributed by atoms with van der Waals surface area (Å²) in [6.45, 7) is 4.11. The molecule has 3 rings (SSSR count). The summed E-state index contributed by atoms with van der Waals surface area (Å²) in [7, 11) is 0. The van der Waals surface area contributed by atoms with Crippen molar-refractivity contribution in [1.29, 1.82) is 5.26 Å². The smallest absolute Gasteiger partial charge is 0.337 e. The molecule has 1 aromatic heterocycles. The first-order valence-corrected chi connectivity index (χ1v) is 8.70. The standard InChI is InChI=1S/C19H19NO3S/c1-19(2)6-5-15-14(8-19)16(18(22)23)17(24-15)13-4-3-11(9-20)7-12(13)10-21/h3-4,7,21H,5-6,8,10H2,1-2H3,(H,22,23). The molecule has 0 bridgehead atoms. The van der Waals surface area contributed by atoms with Crippen LogP contribution in [0.4, 0.5) is 0 Å². The van der Waals surface area contributed by atoms with Crippen LogP contribution in [-0.2, 0) is 19.4 Å². The number of aliphatic hydroxyl groups excluding tert-OH is 1. The first kappa shape index (κ1) is 16.7. The fourth-order valence-corrected chi connectivity index (χ4v) is 4.72. The molecule has 0 saturated heterocycles. The average molecular weight is 341 g/mol. The van der Waals surface area contributed by atoms with E-state index in [2.05, 4.69) is 19.9 Å². The number of aromatic carboxylic acids is 1. The van der Waals surface area contributed by atoms with Crippen molar-refractivity contribution in [1.82, 2.24) is 0 Å². The number of aryl methyl sites for hydroxylation is 1. The summed E-state index contributed by atoms with van der Waals surface area (Å²) in [6.07, 6.45) is 2.68. The molecule has 0 spiro atoms. The van der Waals surface area contributed by atoms with Gasteiger partial charge in [-0.25, -0.2) is 4.79 Å². The summed E-state index contributed by atoms with van der Waals surface area (Å²) in [6, 6.07) is 7.10. The molecular formula is C19H19NO3S. The van der Waals surface area contributed by atoms with Crippen LogP contribution in [0.25, 0.3) is 10.4 Å². The number of thiophene rings is 1. The number of fused-ring (bicyclic) bond motifs is 1. The molecular weight excluding hydrogens is 322 g/mol. The molecule has 1 aliphatic carbocycles. The lowest BCUT2D eigenvalue weighted by Gasteiger charge is -2.29. The van der Waals surface area contributed by atoms with Crippen LogP contribution in [0, 0.1) is 16.7 Å². The largest absolute Gasteiger partial charge is 0.478 e. The lowest BCUT2D eigenvalue weighted by atomic mass is 9.76. The Bertz CT molecular complexity index is 858. The molecule has 0 unspecified atom stereocenters. The van der Waals surface area contributed by atoms with E-state index in [0.29, 0.717) is 27.1 Å². The molecule has 0 atom stereocenters. The topological polar surface area (TPSA) is 81.3 Å². The number of carboxylic acids is 1. The predicted octanol–water partition coefficient (Wildman–Crippen LogP) is 3.99. The molecule has 2 aromatic rings. The number of aliphatic hydroxyl groups is 1. The summed E-state index contributed by atoms with van der Waals surface area (Å²) in [4.78, 5) is 13.8. The molecule has 24 heavy (non-hydrogen) atoms. The minimum Gasteiger partial charge on any atom is -0.478 e. The normalized spacial score (nSPS) is 15.6. The van der Waals surface area contributed by atoms with Gasteiger partial charge in [0.05, 0.1) is 23.8 Å². The van der Waals surface area contributed by atoms with Gasteiger partial charge in [-0.15, -0.1) is 11.3 Å². The van der Waals surface area contributed by atoms with Crippen molar-refractivity contribution in [2.75, 3.05) is 0 Å². The number of hydrogen-bond donors (Lipinski definition) is 2. The van der Waals surface area contributed by atoms with Crippen LogP contribution in [0.15, 0.2) is 18.2 Å². The molecule has 0 amide bonds. The van der Waals surface area contributed by atoms with E-state index in [4.69, 9.17) is 5.26 Å². The highest BCUT2D eigenvalue weighted by Gasteiger charge is 2.33. The number of benzene rings is 1. The van der Waals surface area contributed by atoms with Gasteiger partial charge in [0.1, 0.15) is 0 Å². The fourth-order valence-electron chi connectivity index (χ4n) is 3.35. The second-order valence-corrected chi connectivity index (χ2v) is 8.10. The maximum absolute atomic E-state index is 12.0. The van der Waals surface area contributed by atoms with Crippen LogP contribution in [0.3, 0.4) is 0 Å². The lowest BCUT2D eigenvalue weighted by Crippen LogP contribution is -2.22. The van der Waals surface area contributed by atoms with Gasteiger partial charge in [0, 0.05) is 9.75 Å². The number of nitrogens with zero attached hydrogens (tertiary/aromatic N) is 1. The fraction of sp³-hybridized carbons (Fsp3) is 0.368. The Morgan fingerprint density at radius 1 is 1.42 bits per heavy atom. The molecule has 2 N–H and O–H groups in total. The van der Waals surface area contributed by atoms with Crippen LogP contribution >= 0.6 is 11.3 Å². The maximum atomic E-state index is 12.0. The van der Waals surface area contributed by atoms with E-state index in [-0.39, 0.29) is 12.0 Å². The lowest BCUT2D eigenvalue weighted by molar-refractivity contribution is 0.0696. The molecule has 0 fully saturated rings. The number of carbonyl (C=O) groups is 1. The second kappa shape index (κ2) is 6.04. The SMILES string of the molecule is CC1(C)CCc2sc(-c3ccc(C#N)cc3CO)c(C(=O)O)c2C1. The van der Waals surface area contributed by atoms with Crippen molar-refractivity contribution >= 4 is 17.3 Å². The molecule has 0 aliphatic heterocycles. The van der Waals surface area contributed by atoms with Crippen molar-refractivity contribution in [3.8, 4) is 16.5 Å². The number of rotatable bonds is 3. The zero-order valence-electron chi connectivity index (χ0n) is 13.7. The summed E-state index contributed by atoms with van der Waals surface area (Å²) in [5, 5.41) is 28.5. The van der Waals surface area contributed by atoms with Gasteiger partial charge in [0.25, 0.3) is 0 Å². The highest BCUT2D eigenvalue weighted by molar-refractivity contribution is 7.16. The van der Waals surface area contributed by atoms with Gasteiger partial charge in [0.15, 0.2) is 0 Å². The van der Waals surface area contributed by atoms with Crippen LogP contribution in [0.2, 0.25) is 0 Å². The molecule has 4 nitrogen and oxygen atoms in total. The third kappa shape index (κ3) is 2.83. The van der Waals surface area contributed by atoms with Gasteiger partial charge in [-0.05, 0) is 53.5 Å². The van der Waals surface area contributed by atoms with E-state index in [1.807, 2.05) is 0 Å². The zero-order chi connectivity index (χ0) is 17.5. The Balaban J connectivity index is 2.22. The monoisotopic (exact) mass is 341 g/mol. The molecule has 1 aromatic carbocycles. The Labute approximate surface area is 145 Å². The maximum Gasteiger partial charge on any atom is 0.337 e. The van der Waals surface area contributed by atoms with Crippen molar-refractivity contribution < 1.29 is 15.0 Å².